The molecule has 7 rings (SSSR count). The van der Waals surface area contributed by atoms with Crippen LogP contribution in [0.4, 0.5) is 36.8 Å². The van der Waals surface area contributed by atoms with E-state index >= 15 is 0 Å². The van der Waals surface area contributed by atoms with Gasteiger partial charge in [0, 0.05) is 30.9 Å². The summed E-state index contributed by atoms with van der Waals surface area (Å²) >= 11 is 0. The van der Waals surface area contributed by atoms with E-state index in [2.05, 4.69) is 26.1 Å². The number of aliphatic hydroxyl groups is 1. The maximum atomic E-state index is 14.6. The van der Waals surface area contributed by atoms with Crippen molar-refractivity contribution in [1.29, 1.82) is 0 Å². The number of rotatable bonds is 6. The molecule has 4 aliphatic heterocycles. The van der Waals surface area contributed by atoms with E-state index in [9.17, 15) is 45.8 Å². The van der Waals surface area contributed by atoms with E-state index in [0.717, 1.165) is 61.4 Å². The first-order chi connectivity index (χ1) is 31.5. The highest BCUT2D eigenvalue weighted by Gasteiger charge is 2.61. The van der Waals surface area contributed by atoms with Crippen molar-refractivity contribution in [2.24, 2.45) is 23.7 Å². The summed E-state index contributed by atoms with van der Waals surface area (Å²) in [7, 11) is 0. The van der Waals surface area contributed by atoms with E-state index < -0.39 is 95.3 Å². The number of amides is 1. The molecule has 67 heavy (non-hydrogen) atoms. The molecule has 0 radical (unpaired) electrons. The first kappa shape index (κ1) is 49.9. The molecular weight excluding hydrogens is 889 g/mol. The largest absolute Gasteiger partial charge is 0.462 e. The molecule has 2 N–H and O–H groups in total. The van der Waals surface area contributed by atoms with Crippen LogP contribution in [0.3, 0.4) is 0 Å². The minimum absolute atomic E-state index is 0.0142. The highest BCUT2D eigenvalue weighted by molar-refractivity contribution is 5.89. The van der Waals surface area contributed by atoms with Crippen molar-refractivity contribution in [3.05, 3.63) is 112 Å². The molecule has 3 fully saturated rings. The van der Waals surface area contributed by atoms with Gasteiger partial charge >= 0.3 is 30.4 Å². The van der Waals surface area contributed by atoms with Gasteiger partial charge in [-0.2, -0.15) is 26.3 Å². The summed E-state index contributed by atoms with van der Waals surface area (Å²) in [4.78, 5) is 41.5. The van der Waals surface area contributed by atoms with Gasteiger partial charge in [0.2, 0.25) is 0 Å². The van der Waals surface area contributed by atoms with E-state index in [1.165, 1.54) is 6.08 Å². The maximum absolute atomic E-state index is 14.6. The van der Waals surface area contributed by atoms with E-state index in [0.29, 0.717) is 24.0 Å². The van der Waals surface area contributed by atoms with E-state index in [-0.39, 0.29) is 54.2 Å². The Morgan fingerprint density at radius 3 is 2.21 bits per heavy atom. The topological polar surface area (TPSA) is 139 Å². The summed E-state index contributed by atoms with van der Waals surface area (Å²) in [6.45, 7) is 11.3. The SMILES string of the molecule is CC[C@H](C)[C@H]1O[C@]2(CC[C@@H]1C)C[C@@H]1C[C@@H](C/C=C(\C)[C@@H](OC(=O)c3ccc(C(F)(F)F)cc3)[C@@H](C)/C=C/C=C3\CO[C@@H]4[C@H](OC(=O)Nc5ccc(C(F)(F)F)cc5)C(C)=C[C@@H](C(=O)O1)[C@]34O)O2. The van der Waals surface area contributed by atoms with Gasteiger partial charge in [-0.3, -0.25) is 10.1 Å². The summed E-state index contributed by atoms with van der Waals surface area (Å²) in [6.07, 6.45) is -4.12. The molecule has 4 heterocycles. The van der Waals surface area contributed by atoms with Crippen molar-refractivity contribution in [3.63, 3.8) is 0 Å². The number of nitrogens with one attached hydrogen (secondary N) is 1. The van der Waals surface area contributed by atoms with Crippen LogP contribution in [0.15, 0.2) is 95.6 Å². The van der Waals surface area contributed by atoms with Crippen molar-refractivity contribution >= 4 is 23.7 Å². The fraction of sp³-hybridized carbons (Fsp3) is 0.540. The summed E-state index contributed by atoms with van der Waals surface area (Å²) in [5.41, 5.74) is -2.85. The number of ether oxygens (including phenoxy) is 6. The highest BCUT2D eigenvalue weighted by atomic mass is 19.4. The fourth-order valence-electron chi connectivity index (χ4n) is 9.86. The number of fused-ring (bicyclic) bond motifs is 2. The van der Waals surface area contributed by atoms with Crippen molar-refractivity contribution in [2.45, 2.75) is 140 Å². The van der Waals surface area contributed by atoms with Crippen LogP contribution in [-0.2, 0) is 45.6 Å². The number of alkyl halides is 6. The van der Waals surface area contributed by atoms with Crippen molar-refractivity contribution in [2.75, 3.05) is 11.9 Å². The molecule has 1 amide bonds. The van der Waals surface area contributed by atoms with Crippen LogP contribution in [0, 0.1) is 23.7 Å². The average molecular weight is 946 g/mol. The van der Waals surface area contributed by atoms with E-state index in [1.807, 2.05) is 6.08 Å². The van der Waals surface area contributed by atoms with Gasteiger partial charge in [-0.05, 0) is 104 Å². The van der Waals surface area contributed by atoms with Gasteiger partial charge < -0.3 is 33.5 Å². The summed E-state index contributed by atoms with van der Waals surface area (Å²) in [6, 6.07) is 7.49. The Hall–Kier alpha value is -4.97. The number of allylic oxidation sites excluding steroid dienone is 2. The van der Waals surface area contributed by atoms with Crippen LogP contribution in [0.2, 0.25) is 0 Å². The lowest BCUT2D eigenvalue weighted by Gasteiger charge is -2.51. The van der Waals surface area contributed by atoms with Gasteiger partial charge in [-0.15, -0.1) is 0 Å². The number of benzene rings is 2. The Bertz CT molecular complexity index is 2270. The van der Waals surface area contributed by atoms with Crippen LogP contribution < -0.4 is 5.32 Å². The Kier molecular flexibility index (Phi) is 14.6. The first-order valence-corrected chi connectivity index (χ1v) is 22.7. The van der Waals surface area contributed by atoms with Gasteiger partial charge in [0.05, 0.1) is 35.5 Å². The second-order valence-corrected chi connectivity index (χ2v) is 18.6. The number of carbonyl (C=O) groups is 3. The normalized spacial score (nSPS) is 35.1. The summed E-state index contributed by atoms with van der Waals surface area (Å²) < 4.78 is 118. The number of halogens is 6. The Labute approximate surface area is 385 Å². The van der Waals surface area contributed by atoms with Gasteiger partial charge in [0.25, 0.3) is 0 Å². The molecule has 3 saturated heterocycles. The summed E-state index contributed by atoms with van der Waals surface area (Å²) in [5, 5.41) is 15.3. The van der Waals surface area contributed by atoms with Gasteiger partial charge in [0.15, 0.2) is 11.9 Å². The van der Waals surface area contributed by atoms with Crippen LogP contribution in [-0.4, -0.2) is 77.8 Å². The van der Waals surface area contributed by atoms with Crippen LogP contribution in [0.1, 0.15) is 102 Å². The average Bonchev–Trinajstić information content (AvgIpc) is 3.61. The number of esters is 2. The Balaban J connectivity index is 1.24. The zero-order valence-corrected chi connectivity index (χ0v) is 38.1. The third-order valence-electron chi connectivity index (χ3n) is 13.8. The standard InChI is InChI=1S/C50H57F6NO10/c1-7-27(2)41-30(5)21-22-47(67-41)25-38-24-37(66-47)20-11-29(4)40(64-44(58)32-12-14-33(15-13-32)49(51,52)53)28(3)9-8-10-35-26-62-43-42(31(6)23-39(45(59)63-38)48(35,43)61)65-46(60)57-36-18-16-34(17-19-36)50(54,55)56/h8-19,23,27-28,30,37-43,61H,7,20-22,24-26H2,1-6H3,(H,57,60)/b9-8+,29-11+,35-10+/t27-,28-,30-,37+,38-,39-,40-,41+,42+,43+,47+,48+/m0/s1. The smallest absolute Gasteiger partial charge is 0.416 e. The second-order valence-electron chi connectivity index (χ2n) is 18.6. The monoisotopic (exact) mass is 945 g/mol. The third-order valence-corrected chi connectivity index (χ3v) is 13.8. The molecule has 0 aromatic heterocycles. The summed E-state index contributed by atoms with van der Waals surface area (Å²) in [5.74, 6) is -4.22. The van der Waals surface area contributed by atoms with Crippen LogP contribution in [0.25, 0.3) is 0 Å². The van der Waals surface area contributed by atoms with Crippen molar-refractivity contribution in [3.8, 4) is 0 Å². The first-order valence-electron chi connectivity index (χ1n) is 22.7. The fourth-order valence-corrected chi connectivity index (χ4v) is 9.86. The molecule has 11 nitrogen and oxygen atoms in total. The lowest BCUT2D eigenvalue weighted by Crippen LogP contribution is -2.59. The Morgan fingerprint density at radius 2 is 1.57 bits per heavy atom. The number of hydrogen-bond donors (Lipinski definition) is 2. The van der Waals surface area contributed by atoms with Crippen molar-refractivity contribution in [1.82, 2.24) is 0 Å². The molecule has 1 aliphatic carbocycles. The number of carbonyl (C=O) groups excluding carboxylic acids is 3. The van der Waals surface area contributed by atoms with Gasteiger partial charge in [-0.1, -0.05) is 64.5 Å². The molecule has 5 aliphatic rings. The van der Waals surface area contributed by atoms with Crippen molar-refractivity contribution < 1.29 is 74.3 Å². The predicted octanol–water partition coefficient (Wildman–Crippen LogP) is 10.7. The van der Waals surface area contributed by atoms with E-state index in [4.69, 9.17) is 28.4 Å². The minimum Gasteiger partial charge on any atom is -0.462 e. The lowest BCUT2D eigenvalue weighted by atomic mass is 9.70. The van der Waals surface area contributed by atoms with Crippen LogP contribution >= 0.6 is 0 Å². The zero-order valence-electron chi connectivity index (χ0n) is 38.1. The molecule has 2 bridgehead atoms. The molecule has 1 spiro atoms. The predicted molar refractivity (Wildman–Crippen MR) is 232 cm³/mol. The Morgan fingerprint density at radius 1 is 0.910 bits per heavy atom. The molecule has 2 aromatic carbocycles. The van der Waals surface area contributed by atoms with Gasteiger partial charge in [-0.25, -0.2) is 9.59 Å². The number of hydrogen-bond acceptors (Lipinski definition) is 10. The number of anilines is 1. The molecular formula is C50H57F6NO10. The molecule has 12 atom stereocenters. The molecule has 2 aromatic rings. The maximum Gasteiger partial charge on any atom is 0.416 e. The molecule has 17 heteroatoms. The quantitative estimate of drug-likeness (QED) is 0.125. The molecule has 0 saturated carbocycles. The van der Waals surface area contributed by atoms with E-state index in [1.54, 1.807) is 39.0 Å². The highest BCUT2D eigenvalue weighted by Crippen LogP contribution is 2.49. The van der Waals surface area contributed by atoms with Crippen LogP contribution in [0.5, 0.6) is 0 Å². The lowest BCUT2D eigenvalue weighted by molar-refractivity contribution is -0.340. The molecule has 0 unspecified atom stereocenters. The zero-order chi connectivity index (χ0) is 48.6. The third kappa shape index (κ3) is 10.8. The second kappa shape index (κ2) is 19.6. The van der Waals surface area contributed by atoms with Gasteiger partial charge in [0.1, 0.15) is 29.8 Å². The molecule has 364 valence electrons. The minimum atomic E-state index is -4.60.